The smallest absolute Gasteiger partial charge is 0.0476 e. The van der Waals surface area contributed by atoms with Crippen LogP contribution in [0.15, 0.2) is 29.2 Å². The molecule has 1 aliphatic rings. The van der Waals surface area contributed by atoms with Crippen molar-refractivity contribution in [2.45, 2.75) is 29.4 Å². The molecule has 0 saturated carbocycles. The van der Waals surface area contributed by atoms with E-state index in [4.69, 9.17) is 4.74 Å². The van der Waals surface area contributed by atoms with Gasteiger partial charge in [-0.05, 0) is 30.5 Å². The van der Waals surface area contributed by atoms with E-state index >= 15 is 0 Å². The van der Waals surface area contributed by atoms with E-state index in [2.05, 4.69) is 0 Å². The lowest BCUT2D eigenvalue weighted by Crippen LogP contribution is -2.24. The molecule has 1 heterocycles. The maximum absolute atomic E-state index is 10.4. The van der Waals surface area contributed by atoms with Crippen molar-refractivity contribution < 1.29 is 14.6 Å². The van der Waals surface area contributed by atoms with Gasteiger partial charge in [0.15, 0.2) is 0 Å². The van der Waals surface area contributed by atoms with Crippen LogP contribution in [0.5, 0.6) is 0 Å². The second-order valence-corrected chi connectivity index (χ2v) is 5.50. The van der Waals surface area contributed by atoms with Crippen molar-refractivity contribution in [2.75, 3.05) is 13.2 Å². The summed E-state index contributed by atoms with van der Waals surface area (Å²) in [4.78, 5) is 11.6. The molecule has 0 spiro atoms. The molecule has 0 aliphatic carbocycles. The van der Waals surface area contributed by atoms with Crippen molar-refractivity contribution in [1.29, 1.82) is 0 Å². The first-order valence-electron chi connectivity index (χ1n) is 5.77. The van der Waals surface area contributed by atoms with E-state index in [1.165, 1.54) is 4.90 Å². The number of benzene rings is 1. The summed E-state index contributed by atoms with van der Waals surface area (Å²) in [7, 11) is 0. The van der Waals surface area contributed by atoms with E-state index in [1.807, 2.05) is 36.0 Å². The zero-order valence-electron chi connectivity index (χ0n) is 9.56. The van der Waals surface area contributed by atoms with Gasteiger partial charge >= 0.3 is 0 Å². The second-order valence-electron chi connectivity index (χ2n) is 4.12. The zero-order chi connectivity index (χ0) is 12.1. The van der Waals surface area contributed by atoms with Crippen molar-refractivity contribution >= 4 is 17.7 Å². The van der Waals surface area contributed by atoms with Crippen LogP contribution in [0.1, 0.15) is 18.4 Å². The molecule has 1 aromatic carbocycles. The van der Waals surface area contributed by atoms with E-state index < -0.39 is 5.97 Å². The number of carboxylic acid groups (broad SMARTS) is 1. The van der Waals surface area contributed by atoms with Crippen LogP contribution < -0.4 is 5.11 Å². The van der Waals surface area contributed by atoms with Gasteiger partial charge in [-0.15, -0.1) is 11.8 Å². The van der Waals surface area contributed by atoms with Crippen LogP contribution in [0, 0.1) is 0 Å². The summed E-state index contributed by atoms with van der Waals surface area (Å²) in [6, 6.07) is 7.69. The summed E-state index contributed by atoms with van der Waals surface area (Å²) in [5.74, 6) is -1.03. The minimum Gasteiger partial charge on any atom is -0.550 e. The van der Waals surface area contributed by atoms with Crippen molar-refractivity contribution in [3.8, 4) is 0 Å². The summed E-state index contributed by atoms with van der Waals surface area (Å²) < 4.78 is 5.31. The first-order valence-corrected chi connectivity index (χ1v) is 6.65. The van der Waals surface area contributed by atoms with Gasteiger partial charge in [-0.1, -0.05) is 12.1 Å². The van der Waals surface area contributed by atoms with Crippen LogP contribution in [0.3, 0.4) is 0 Å². The number of carbonyl (C=O) groups excluding carboxylic acids is 1. The fourth-order valence-corrected chi connectivity index (χ4v) is 2.95. The number of thioether (sulfide) groups is 1. The lowest BCUT2D eigenvalue weighted by atomic mass is 10.2. The number of hydrogen-bond acceptors (Lipinski definition) is 4. The van der Waals surface area contributed by atoms with E-state index in [9.17, 15) is 9.90 Å². The van der Waals surface area contributed by atoms with E-state index in [0.717, 1.165) is 31.6 Å². The monoisotopic (exact) mass is 251 g/mol. The van der Waals surface area contributed by atoms with Crippen LogP contribution in [0.25, 0.3) is 0 Å². The molecule has 0 unspecified atom stereocenters. The average molecular weight is 251 g/mol. The third kappa shape index (κ3) is 4.06. The summed E-state index contributed by atoms with van der Waals surface area (Å²) >= 11 is 1.85. The van der Waals surface area contributed by atoms with Gasteiger partial charge in [0.05, 0.1) is 0 Å². The van der Waals surface area contributed by atoms with Crippen molar-refractivity contribution in [3.05, 3.63) is 29.8 Å². The maximum atomic E-state index is 10.4. The van der Waals surface area contributed by atoms with Crippen LogP contribution in [0.2, 0.25) is 0 Å². The Morgan fingerprint density at radius 2 is 1.94 bits per heavy atom. The standard InChI is InChI=1S/C13H16O3S/c14-13(15)9-10-1-3-11(4-2-10)17-12-5-7-16-8-6-12/h1-4,12H,5-9H2,(H,14,15)/p-1. The normalized spacial score (nSPS) is 16.9. The average Bonchev–Trinajstić information content (AvgIpc) is 2.32. The van der Waals surface area contributed by atoms with Gasteiger partial charge in [-0.2, -0.15) is 0 Å². The van der Waals surface area contributed by atoms with Crippen LogP contribution >= 0.6 is 11.8 Å². The Hall–Kier alpha value is -1.00. The van der Waals surface area contributed by atoms with E-state index in [1.54, 1.807) is 0 Å². The summed E-state index contributed by atoms with van der Waals surface area (Å²) in [5.41, 5.74) is 0.793. The molecule has 1 aromatic rings. The minimum atomic E-state index is -1.03. The molecule has 0 amide bonds. The topological polar surface area (TPSA) is 49.4 Å². The van der Waals surface area contributed by atoms with Crippen molar-refractivity contribution in [2.24, 2.45) is 0 Å². The number of ether oxygens (including phenoxy) is 1. The predicted molar refractivity (Wildman–Crippen MR) is 64.9 cm³/mol. The predicted octanol–water partition coefficient (Wildman–Crippen LogP) is 1.25. The molecule has 17 heavy (non-hydrogen) atoms. The van der Waals surface area contributed by atoms with Crippen LogP contribution in [0.4, 0.5) is 0 Å². The zero-order valence-corrected chi connectivity index (χ0v) is 10.4. The molecule has 0 N–H and O–H groups in total. The summed E-state index contributed by atoms with van der Waals surface area (Å²) in [6.07, 6.45) is 2.17. The Balaban J connectivity index is 1.90. The summed E-state index contributed by atoms with van der Waals surface area (Å²) in [5, 5.41) is 11.1. The highest BCUT2D eigenvalue weighted by atomic mass is 32.2. The lowest BCUT2D eigenvalue weighted by Gasteiger charge is -2.21. The molecule has 1 fully saturated rings. The van der Waals surface area contributed by atoms with Crippen LogP contribution in [-0.2, 0) is 16.0 Å². The van der Waals surface area contributed by atoms with Crippen molar-refractivity contribution in [3.63, 3.8) is 0 Å². The maximum Gasteiger partial charge on any atom is 0.0476 e. The molecular weight excluding hydrogens is 236 g/mol. The van der Waals surface area contributed by atoms with Crippen molar-refractivity contribution in [1.82, 2.24) is 0 Å². The Morgan fingerprint density at radius 1 is 1.29 bits per heavy atom. The van der Waals surface area contributed by atoms with E-state index in [0.29, 0.717) is 5.25 Å². The number of rotatable bonds is 4. The first kappa shape index (κ1) is 12.5. The molecule has 0 atom stereocenters. The van der Waals surface area contributed by atoms with Gasteiger partial charge in [0, 0.05) is 35.7 Å². The molecule has 0 radical (unpaired) electrons. The van der Waals surface area contributed by atoms with Gasteiger partial charge < -0.3 is 14.6 Å². The van der Waals surface area contributed by atoms with Crippen LogP contribution in [-0.4, -0.2) is 24.4 Å². The number of carbonyl (C=O) groups is 1. The first-order chi connectivity index (χ1) is 8.24. The molecule has 2 rings (SSSR count). The second kappa shape index (κ2) is 6.07. The largest absolute Gasteiger partial charge is 0.550 e. The Labute approximate surface area is 105 Å². The fourth-order valence-electron chi connectivity index (χ4n) is 1.84. The number of aliphatic carboxylic acids is 1. The van der Waals surface area contributed by atoms with Gasteiger partial charge in [0.1, 0.15) is 0 Å². The molecule has 92 valence electrons. The van der Waals surface area contributed by atoms with Gasteiger partial charge in [-0.25, -0.2) is 0 Å². The highest BCUT2D eigenvalue weighted by molar-refractivity contribution is 8.00. The van der Waals surface area contributed by atoms with Gasteiger partial charge in [0.25, 0.3) is 0 Å². The Morgan fingerprint density at radius 3 is 2.53 bits per heavy atom. The highest BCUT2D eigenvalue weighted by Crippen LogP contribution is 2.29. The molecule has 0 bridgehead atoms. The molecule has 1 saturated heterocycles. The SMILES string of the molecule is O=C([O-])Cc1ccc(SC2CCOCC2)cc1. The highest BCUT2D eigenvalue weighted by Gasteiger charge is 2.14. The Bertz CT molecular complexity index is 369. The summed E-state index contributed by atoms with van der Waals surface area (Å²) in [6.45, 7) is 1.70. The Kier molecular flexibility index (Phi) is 4.45. The van der Waals surface area contributed by atoms with Gasteiger partial charge in [-0.3, -0.25) is 0 Å². The number of carboxylic acids is 1. The fraction of sp³-hybridized carbons (Fsp3) is 0.462. The quantitative estimate of drug-likeness (QED) is 0.808. The van der Waals surface area contributed by atoms with E-state index in [-0.39, 0.29) is 6.42 Å². The minimum absolute atomic E-state index is 0.0117. The molecular formula is C13H15O3S-. The lowest BCUT2D eigenvalue weighted by molar-refractivity contribution is -0.304. The van der Waals surface area contributed by atoms with Gasteiger partial charge in [0.2, 0.25) is 0 Å². The molecule has 0 aromatic heterocycles. The number of hydrogen-bond donors (Lipinski definition) is 0. The molecule has 3 nitrogen and oxygen atoms in total. The molecule has 4 heteroatoms. The third-order valence-corrected chi connectivity index (χ3v) is 4.09. The molecule has 1 aliphatic heterocycles. The third-order valence-electron chi connectivity index (χ3n) is 2.74.